The number of methoxy groups -OCH3 is 1. The first-order chi connectivity index (χ1) is 7.15. The molecule has 0 saturated heterocycles. The lowest BCUT2D eigenvalue weighted by atomic mass is 9.80. The van der Waals surface area contributed by atoms with Gasteiger partial charge in [-0.25, -0.2) is 0 Å². The molecular weight excluding hydrogens is 190 g/mol. The van der Waals surface area contributed by atoms with Crippen LogP contribution in [0, 0.1) is 11.8 Å². The summed E-state index contributed by atoms with van der Waals surface area (Å²) in [4.78, 5) is 11.5. The number of nitrogens with one attached hydrogen (secondary N) is 1. The SMILES string of the molecule is COC(C)C(=O)NCC1CCCCC1C. The zero-order chi connectivity index (χ0) is 11.3. The topological polar surface area (TPSA) is 38.3 Å². The molecular formula is C12H23NO2. The van der Waals surface area contributed by atoms with Crippen molar-refractivity contribution in [2.75, 3.05) is 13.7 Å². The van der Waals surface area contributed by atoms with Crippen LogP contribution in [0.25, 0.3) is 0 Å². The summed E-state index contributed by atoms with van der Waals surface area (Å²) in [6, 6.07) is 0. The number of hydrogen-bond acceptors (Lipinski definition) is 2. The molecule has 3 heteroatoms. The Bertz CT molecular complexity index is 206. The maximum atomic E-state index is 11.5. The normalized spacial score (nSPS) is 28.5. The Balaban J connectivity index is 2.26. The first-order valence-electron chi connectivity index (χ1n) is 5.95. The molecule has 0 aromatic carbocycles. The van der Waals surface area contributed by atoms with Crippen molar-refractivity contribution in [3.63, 3.8) is 0 Å². The molecule has 1 aliphatic carbocycles. The number of amides is 1. The second-order valence-corrected chi connectivity index (χ2v) is 4.64. The molecule has 1 amide bonds. The predicted molar refractivity (Wildman–Crippen MR) is 60.6 cm³/mol. The van der Waals surface area contributed by atoms with E-state index in [9.17, 15) is 4.79 Å². The minimum atomic E-state index is -0.330. The summed E-state index contributed by atoms with van der Waals surface area (Å²) in [6.07, 6.45) is 4.89. The molecule has 0 spiro atoms. The smallest absolute Gasteiger partial charge is 0.248 e. The number of ether oxygens (including phenoxy) is 1. The van der Waals surface area contributed by atoms with Gasteiger partial charge in [-0.3, -0.25) is 4.79 Å². The molecule has 0 aromatic heterocycles. The Labute approximate surface area is 92.6 Å². The highest BCUT2D eigenvalue weighted by Crippen LogP contribution is 2.28. The summed E-state index contributed by atoms with van der Waals surface area (Å²) in [5, 5.41) is 2.97. The van der Waals surface area contributed by atoms with Crippen molar-refractivity contribution in [2.24, 2.45) is 11.8 Å². The molecule has 0 aliphatic heterocycles. The quantitative estimate of drug-likeness (QED) is 0.775. The molecule has 1 aliphatic rings. The highest BCUT2D eigenvalue weighted by atomic mass is 16.5. The van der Waals surface area contributed by atoms with E-state index < -0.39 is 0 Å². The molecule has 3 unspecified atom stereocenters. The maximum absolute atomic E-state index is 11.5. The van der Waals surface area contributed by atoms with Crippen LogP contribution in [0.2, 0.25) is 0 Å². The molecule has 0 heterocycles. The molecule has 88 valence electrons. The van der Waals surface area contributed by atoms with Crippen LogP contribution in [-0.2, 0) is 9.53 Å². The van der Waals surface area contributed by atoms with Gasteiger partial charge in [-0.05, 0) is 25.2 Å². The fourth-order valence-electron chi connectivity index (χ4n) is 2.18. The molecule has 15 heavy (non-hydrogen) atoms. The van der Waals surface area contributed by atoms with Gasteiger partial charge in [-0.1, -0.05) is 26.2 Å². The van der Waals surface area contributed by atoms with Gasteiger partial charge in [-0.15, -0.1) is 0 Å². The van der Waals surface area contributed by atoms with Crippen molar-refractivity contribution in [1.82, 2.24) is 5.32 Å². The third-order valence-corrected chi connectivity index (χ3v) is 3.55. The van der Waals surface area contributed by atoms with E-state index in [1.165, 1.54) is 25.7 Å². The summed E-state index contributed by atoms with van der Waals surface area (Å²) in [6.45, 7) is 4.88. The van der Waals surface area contributed by atoms with Gasteiger partial charge in [0, 0.05) is 13.7 Å². The van der Waals surface area contributed by atoms with Crippen LogP contribution in [-0.4, -0.2) is 25.7 Å². The third-order valence-electron chi connectivity index (χ3n) is 3.55. The van der Waals surface area contributed by atoms with E-state index in [1.807, 2.05) is 0 Å². The Kier molecular flexibility index (Phi) is 5.09. The van der Waals surface area contributed by atoms with Crippen LogP contribution in [0.15, 0.2) is 0 Å². The van der Waals surface area contributed by atoms with E-state index in [0.29, 0.717) is 5.92 Å². The molecule has 3 nitrogen and oxygen atoms in total. The number of carbonyl (C=O) groups excluding carboxylic acids is 1. The van der Waals surface area contributed by atoms with Gasteiger partial charge in [0.05, 0.1) is 0 Å². The lowest BCUT2D eigenvalue weighted by Crippen LogP contribution is -2.38. The summed E-state index contributed by atoms with van der Waals surface area (Å²) >= 11 is 0. The maximum Gasteiger partial charge on any atom is 0.248 e. The van der Waals surface area contributed by atoms with Crippen LogP contribution < -0.4 is 5.32 Å². The third kappa shape index (κ3) is 3.82. The van der Waals surface area contributed by atoms with Crippen molar-refractivity contribution in [2.45, 2.75) is 45.6 Å². The summed E-state index contributed by atoms with van der Waals surface area (Å²) < 4.78 is 4.97. The standard InChI is InChI=1S/C12H23NO2/c1-9-6-4-5-7-11(9)8-13-12(14)10(2)15-3/h9-11H,4-8H2,1-3H3,(H,13,14). The largest absolute Gasteiger partial charge is 0.372 e. The highest BCUT2D eigenvalue weighted by molar-refractivity contribution is 5.80. The van der Waals surface area contributed by atoms with Crippen molar-refractivity contribution in [1.29, 1.82) is 0 Å². The van der Waals surface area contributed by atoms with Gasteiger partial charge in [0.2, 0.25) is 5.91 Å². The Morgan fingerprint density at radius 3 is 2.73 bits per heavy atom. The summed E-state index contributed by atoms with van der Waals surface area (Å²) in [5.74, 6) is 1.42. The van der Waals surface area contributed by atoms with E-state index in [4.69, 9.17) is 4.74 Å². The van der Waals surface area contributed by atoms with E-state index >= 15 is 0 Å². The fraction of sp³-hybridized carbons (Fsp3) is 0.917. The van der Waals surface area contributed by atoms with E-state index in [1.54, 1.807) is 14.0 Å². The Hall–Kier alpha value is -0.570. The van der Waals surface area contributed by atoms with Crippen LogP contribution in [0.1, 0.15) is 39.5 Å². The van der Waals surface area contributed by atoms with Gasteiger partial charge < -0.3 is 10.1 Å². The predicted octanol–water partition coefficient (Wildman–Crippen LogP) is 1.96. The molecule has 1 fully saturated rings. The summed E-state index contributed by atoms with van der Waals surface area (Å²) in [7, 11) is 1.56. The van der Waals surface area contributed by atoms with Crippen LogP contribution >= 0.6 is 0 Å². The van der Waals surface area contributed by atoms with Gasteiger partial charge in [0.25, 0.3) is 0 Å². The molecule has 3 atom stereocenters. The lowest BCUT2D eigenvalue weighted by molar-refractivity contribution is -0.130. The van der Waals surface area contributed by atoms with Crippen molar-refractivity contribution in [3.05, 3.63) is 0 Å². The number of hydrogen-bond donors (Lipinski definition) is 1. The number of rotatable bonds is 4. The van der Waals surface area contributed by atoms with Crippen molar-refractivity contribution in [3.8, 4) is 0 Å². The van der Waals surface area contributed by atoms with E-state index in [-0.39, 0.29) is 12.0 Å². The fourth-order valence-corrected chi connectivity index (χ4v) is 2.18. The minimum absolute atomic E-state index is 0.00951. The minimum Gasteiger partial charge on any atom is -0.372 e. The zero-order valence-electron chi connectivity index (χ0n) is 10.1. The molecule has 1 N–H and O–H groups in total. The average Bonchev–Trinajstić information content (AvgIpc) is 2.26. The number of carbonyl (C=O) groups is 1. The van der Waals surface area contributed by atoms with Crippen molar-refractivity contribution < 1.29 is 9.53 Å². The van der Waals surface area contributed by atoms with Gasteiger partial charge in [0.1, 0.15) is 6.10 Å². The first kappa shape index (κ1) is 12.5. The lowest BCUT2D eigenvalue weighted by Gasteiger charge is -2.29. The highest BCUT2D eigenvalue weighted by Gasteiger charge is 2.22. The monoisotopic (exact) mass is 213 g/mol. The zero-order valence-corrected chi connectivity index (χ0v) is 10.1. The Morgan fingerprint density at radius 2 is 2.13 bits per heavy atom. The van der Waals surface area contributed by atoms with Crippen molar-refractivity contribution >= 4 is 5.91 Å². The molecule has 1 saturated carbocycles. The van der Waals surface area contributed by atoms with Crippen LogP contribution in [0.3, 0.4) is 0 Å². The van der Waals surface area contributed by atoms with E-state index in [2.05, 4.69) is 12.2 Å². The van der Waals surface area contributed by atoms with Gasteiger partial charge in [-0.2, -0.15) is 0 Å². The Morgan fingerprint density at radius 1 is 1.47 bits per heavy atom. The second-order valence-electron chi connectivity index (χ2n) is 4.64. The molecule has 0 aromatic rings. The molecule has 1 rings (SSSR count). The van der Waals surface area contributed by atoms with E-state index in [0.717, 1.165) is 12.5 Å². The van der Waals surface area contributed by atoms with Gasteiger partial charge >= 0.3 is 0 Å². The summed E-state index contributed by atoms with van der Waals surface area (Å²) in [5.41, 5.74) is 0. The van der Waals surface area contributed by atoms with Gasteiger partial charge in [0.15, 0.2) is 0 Å². The molecule has 0 bridgehead atoms. The van der Waals surface area contributed by atoms with Crippen LogP contribution in [0.5, 0.6) is 0 Å². The second kappa shape index (κ2) is 6.11. The average molecular weight is 213 g/mol. The van der Waals surface area contributed by atoms with Crippen LogP contribution in [0.4, 0.5) is 0 Å². The first-order valence-corrected chi connectivity index (χ1v) is 5.95. The molecule has 0 radical (unpaired) electrons.